The van der Waals surface area contributed by atoms with Crippen molar-refractivity contribution in [2.45, 2.75) is 6.18 Å². The maximum Gasteiger partial charge on any atom is 0.416 e. The van der Waals surface area contributed by atoms with Crippen LogP contribution in [0.3, 0.4) is 0 Å². The van der Waals surface area contributed by atoms with E-state index in [9.17, 15) is 13.2 Å². The van der Waals surface area contributed by atoms with Crippen molar-refractivity contribution >= 4 is 33.8 Å². The third-order valence-electron chi connectivity index (χ3n) is 3.03. The number of oxazole rings is 1. The van der Waals surface area contributed by atoms with Gasteiger partial charge in [-0.15, -0.1) is 0 Å². The maximum absolute atomic E-state index is 12.5. The summed E-state index contributed by atoms with van der Waals surface area (Å²) in [5.74, 6) is 0.225. The number of halogens is 4. The van der Waals surface area contributed by atoms with Crippen LogP contribution in [0.1, 0.15) is 17.0 Å². The Morgan fingerprint density at radius 2 is 1.73 bits per heavy atom. The molecule has 3 aromatic rings. The highest BCUT2D eigenvalue weighted by Gasteiger charge is 2.29. The summed E-state index contributed by atoms with van der Waals surface area (Å²) in [6, 6.07) is 11.9. The molecule has 0 aliphatic rings. The molecule has 3 rings (SSSR count). The number of hydrogen-bond acceptors (Lipinski definition) is 2. The van der Waals surface area contributed by atoms with E-state index in [0.717, 1.165) is 12.1 Å². The van der Waals surface area contributed by atoms with Crippen molar-refractivity contribution in [3.05, 3.63) is 65.5 Å². The zero-order valence-corrected chi connectivity index (χ0v) is 11.8. The van der Waals surface area contributed by atoms with Crippen LogP contribution >= 0.6 is 11.6 Å². The van der Waals surface area contributed by atoms with Gasteiger partial charge in [0.05, 0.1) is 5.56 Å². The van der Waals surface area contributed by atoms with Crippen LogP contribution in [0.4, 0.5) is 13.2 Å². The van der Waals surface area contributed by atoms with Gasteiger partial charge in [-0.05, 0) is 35.9 Å². The fraction of sp³-hybridized carbons (Fsp3) is 0.0625. The SMILES string of the molecule is FC(F)(F)c1ccc(/C=C(\Cl)c2nc3ccccc3o2)cc1. The van der Waals surface area contributed by atoms with Crippen LogP contribution in [0.5, 0.6) is 0 Å². The molecule has 0 saturated carbocycles. The monoisotopic (exact) mass is 323 g/mol. The lowest BCUT2D eigenvalue weighted by Gasteiger charge is -2.06. The molecule has 0 fully saturated rings. The Balaban J connectivity index is 1.90. The van der Waals surface area contributed by atoms with Gasteiger partial charge in [0.1, 0.15) is 10.5 Å². The molecule has 22 heavy (non-hydrogen) atoms. The molecule has 0 spiro atoms. The third-order valence-corrected chi connectivity index (χ3v) is 3.30. The average Bonchev–Trinajstić information content (AvgIpc) is 2.91. The quantitative estimate of drug-likeness (QED) is 0.615. The number of para-hydroxylation sites is 2. The highest BCUT2D eigenvalue weighted by molar-refractivity contribution is 6.50. The number of nitrogens with zero attached hydrogens (tertiary/aromatic N) is 1. The number of aromatic nitrogens is 1. The molecule has 0 radical (unpaired) electrons. The van der Waals surface area contributed by atoms with E-state index >= 15 is 0 Å². The van der Waals surface area contributed by atoms with Crippen molar-refractivity contribution in [1.82, 2.24) is 4.98 Å². The van der Waals surface area contributed by atoms with Crippen molar-refractivity contribution in [3.8, 4) is 0 Å². The summed E-state index contributed by atoms with van der Waals surface area (Å²) < 4.78 is 43.0. The van der Waals surface area contributed by atoms with Crippen LogP contribution in [0.2, 0.25) is 0 Å². The molecule has 0 aliphatic carbocycles. The fourth-order valence-electron chi connectivity index (χ4n) is 1.95. The van der Waals surface area contributed by atoms with Gasteiger partial charge >= 0.3 is 6.18 Å². The largest absolute Gasteiger partial charge is 0.435 e. The van der Waals surface area contributed by atoms with Gasteiger partial charge < -0.3 is 4.42 Å². The first kappa shape index (κ1) is 14.7. The number of fused-ring (bicyclic) bond motifs is 1. The van der Waals surface area contributed by atoms with Crippen LogP contribution < -0.4 is 0 Å². The predicted molar refractivity (Wildman–Crippen MR) is 79.2 cm³/mol. The van der Waals surface area contributed by atoms with Gasteiger partial charge in [-0.3, -0.25) is 0 Å². The van der Waals surface area contributed by atoms with E-state index < -0.39 is 11.7 Å². The Morgan fingerprint density at radius 3 is 2.36 bits per heavy atom. The zero-order chi connectivity index (χ0) is 15.7. The zero-order valence-electron chi connectivity index (χ0n) is 11.1. The molecule has 1 heterocycles. The van der Waals surface area contributed by atoms with Gasteiger partial charge in [-0.2, -0.15) is 13.2 Å². The molecule has 112 valence electrons. The van der Waals surface area contributed by atoms with E-state index in [2.05, 4.69) is 4.98 Å². The highest BCUT2D eigenvalue weighted by atomic mass is 35.5. The fourth-order valence-corrected chi connectivity index (χ4v) is 2.16. The lowest BCUT2D eigenvalue weighted by Crippen LogP contribution is -2.03. The average molecular weight is 324 g/mol. The summed E-state index contributed by atoms with van der Waals surface area (Å²) in [4.78, 5) is 4.22. The van der Waals surface area contributed by atoms with Crippen LogP contribution in [-0.2, 0) is 6.18 Å². The maximum atomic E-state index is 12.5. The number of benzene rings is 2. The van der Waals surface area contributed by atoms with E-state index in [1.807, 2.05) is 12.1 Å². The van der Waals surface area contributed by atoms with Gasteiger partial charge in [-0.25, -0.2) is 4.98 Å². The van der Waals surface area contributed by atoms with Crippen LogP contribution in [0.15, 0.2) is 52.9 Å². The molecule has 0 bridgehead atoms. The molecule has 1 aromatic heterocycles. The molecule has 0 unspecified atom stereocenters. The summed E-state index contributed by atoms with van der Waals surface area (Å²) >= 11 is 6.12. The molecule has 2 nitrogen and oxygen atoms in total. The second-order valence-electron chi connectivity index (χ2n) is 4.60. The predicted octanol–water partition coefficient (Wildman–Crippen LogP) is 5.58. The van der Waals surface area contributed by atoms with E-state index in [1.54, 1.807) is 12.1 Å². The van der Waals surface area contributed by atoms with Gasteiger partial charge in [-0.1, -0.05) is 35.9 Å². The van der Waals surface area contributed by atoms with E-state index in [4.69, 9.17) is 16.0 Å². The number of hydrogen-bond donors (Lipinski definition) is 0. The Bertz CT molecular complexity index is 801. The molecule has 6 heteroatoms. The van der Waals surface area contributed by atoms with E-state index in [0.29, 0.717) is 16.7 Å². The highest BCUT2D eigenvalue weighted by Crippen LogP contribution is 2.30. The first-order chi connectivity index (χ1) is 10.4. The third kappa shape index (κ3) is 2.99. The van der Waals surface area contributed by atoms with Crippen LogP contribution in [-0.4, -0.2) is 4.98 Å². The Hall–Kier alpha value is -2.27. The summed E-state index contributed by atoms with van der Waals surface area (Å²) in [6.45, 7) is 0. The summed E-state index contributed by atoms with van der Waals surface area (Å²) in [5, 5.41) is 0.218. The molecule has 2 aromatic carbocycles. The van der Waals surface area contributed by atoms with Gasteiger partial charge in [0, 0.05) is 0 Å². The smallest absolute Gasteiger partial charge is 0.416 e. The number of alkyl halides is 3. The molecule has 0 saturated heterocycles. The van der Waals surface area contributed by atoms with E-state index in [-0.39, 0.29) is 10.9 Å². The minimum atomic E-state index is -4.35. The summed E-state index contributed by atoms with van der Waals surface area (Å²) in [5.41, 5.74) is 1.08. The van der Waals surface area contributed by atoms with Crippen molar-refractivity contribution < 1.29 is 17.6 Å². The van der Waals surface area contributed by atoms with Gasteiger partial charge in [0.25, 0.3) is 0 Å². The molecular weight excluding hydrogens is 315 g/mol. The molecular formula is C16H9ClF3NO. The van der Waals surface area contributed by atoms with Crippen LogP contribution in [0.25, 0.3) is 22.2 Å². The number of rotatable bonds is 2. The standard InChI is InChI=1S/C16H9ClF3NO/c17-12(15-21-13-3-1-2-4-14(13)22-15)9-10-5-7-11(8-6-10)16(18,19)20/h1-9H/b12-9-. The van der Waals surface area contributed by atoms with Crippen molar-refractivity contribution in [1.29, 1.82) is 0 Å². The van der Waals surface area contributed by atoms with Crippen LogP contribution in [0, 0.1) is 0 Å². The lowest BCUT2D eigenvalue weighted by molar-refractivity contribution is -0.137. The molecule has 0 amide bonds. The summed E-state index contributed by atoms with van der Waals surface area (Å²) in [7, 11) is 0. The summed E-state index contributed by atoms with van der Waals surface area (Å²) in [6.07, 6.45) is -2.85. The first-order valence-corrected chi connectivity index (χ1v) is 6.72. The first-order valence-electron chi connectivity index (χ1n) is 6.34. The van der Waals surface area contributed by atoms with E-state index in [1.165, 1.54) is 18.2 Å². The Labute approximate surface area is 128 Å². The second-order valence-corrected chi connectivity index (χ2v) is 5.01. The van der Waals surface area contributed by atoms with Crippen molar-refractivity contribution in [2.24, 2.45) is 0 Å². The molecule has 0 atom stereocenters. The minimum absolute atomic E-state index is 0.218. The molecule has 0 aliphatic heterocycles. The normalized spacial score (nSPS) is 12.8. The minimum Gasteiger partial charge on any atom is -0.435 e. The second kappa shape index (κ2) is 5.50. The topological polar surface area (TPSA) is 26.0 Å². The van der Waals surface area contributed by atoms with Crippen molar-refractivity contribution in [2.75, 3.05) is 0 Å². The van der Waals surface area contributed by atoms with Crippen molar-refractivity contribution in [3.63, 3.8) is 0 Å². The Morgan fingerprint density at radius 1 is 1.05 bits per heavy atom. The lowest BCUT2D eigenvalue weighted by atomic mass is 10.1. The Kier molecular flexibility index (Phi) is 3.66. The van der Waals surface area contributed by atoms with Gasteiger partial charge in [0.2, 0.25) is 5.89 Å². The molecule has 0 N–H and O–H groups in total. The van der Waals surface area contributed by atoms with Gasteiger partial charge in [0.15, 0.2) is 5.58 Å².